The van der Waals surface area contributed by atoms with Crippen LogP contribution in [0.5, 0.6) is 0 Å². The summed E-state index contributed by atoms with van der Waals surface area (Å²) in [6.07, 6.45) is 2.14. The summed E-state index contributed by atoms with van der Waals surface area (Å²) in [5.41, 5.74) is 0.746. The minimum atomic E-state index is -0.377. The van der Waals surface area contributed by atoms with E-state index in [9.17, 15) is 10.1 Å². The second-order valence-electron chi connectivity index (χ2n) is 4.10. The Labute approximate surface area is 106 Å². The molecule has 0 aliphatic carbocycles. The maximum Gasteiger partial charge on any atom is 0.273 e. The third-order valence-corrected chi connectivity index (χ3v) is 2.84. The van der Waals surface area contributed by atoms with Crippen molar-refractivity contribution in [3.63, 3.8) is 0 Å². The van der Waals surface area contributed by atoms with E-state index in [4.69, 9.17) is 11.6 Å². The molecule has 0 spiro atoms. The standard InChI is InChI=1S/C12H17ClN2O2/c1-3-4-9(2)14-8-10-7-11(13)5-6-12(10)15(16)17/h5-7,9,14H,3-4,8H2,1-2H3. The predicted molar refractivity (Wildman–Crippen MR) is 69.3 cm³/mol. The van der Waals surface area contributed by atoms with Crippen molar-refractivity contribution in [2.75, 3.05) is 0 Å². The minimum Gasteiger partial charge on any atom is -0.310 e. The molecule has 1 N–H and O–H groups in total. The molecule has 0 aliphatic heterocycles. The first-order chi connectivity index (χ1) is 8.04. The van der Waals surface area contributed by atoms with Crippen LogP contribution in [0.25, 0.3) is 0 Å². The van der Waals surface area contributed by atoms with Gasteiger partial charge < -0.3 is 5.32 Å². The first-order valence-electron chi connectivity index (χ1n) is 5.70. The van der Waals surface area contributed by atoms with Gasteiger partial charge in [0.1, 0.15) is 0 Å². The number of nitrogens with one attached hydrogen (secondary N) is 1. The SMILES string of the molecule is CCCC(C)NCc1cc(Cl)ccc1[N+](=O)[O-]. The Bertz CT molecular complexity index is 396. The largest absolute Gasteiger partial charge is 0.310 e. The smallest absolute Gasteiger partial charge is 0.273 e. The van der Waals surface area contributed by atoms with Gasteiger partial charge in [0.2, 0.25) is 0 Å². The van der Waals surface area contributed by atoms with Crippen LogP contribution in [0, 0.1) is 10.1 Å². The quantitative estimate of drug-likeness (QED) is 0.626. The van der Waals surface area contributed by atoms with Gasteiger partial charge in [-0.05, 0) is 25.5 Å². The Morgan fingerprint density at radius 1 is 1.53 bits per heavy atom. The maximum atomic E-state index is 10.8. The van der Waals surface area contributed by atoms with E-state index in [1.54, 1.807) is 12.1 Å². The fraction of sp³-hybridized carbons (Fsp3) is 0.500. The summed E-state index contributed by atoms with van der Waals surface area (Å²) < 4.78 is 0. The molecule has 94 valence electrons. The molecule has 0 bridgehead atoms. The van der Waals surface area contributed by atoms with E-state index >= 15 is 0 Å². The van der Waals surface area contributed by atoms with Gasteiger partial charge in [-0.15, -0.1) is 0 Å². The van der Waals surface area contributed by atoms with Crippen LogP contribution in [0.1, 0.15) is 32.3 Å². The van der Waals surface area contributed by atoms with Crippen LogP contribution in [0.3, 0.4) is 0 Å². The normalized spacial score (nSPS) is 12.4. The summed E-state index contributed by atoms with van der Waals surface area (Å²) in [6, 6.07) is 4.98. The van der Waals surface area contributed by atoms with Crippen molar-refractivity contribution in [1.29, 1.82) is 0 Å². The van der Waals surface area contributed by atoms with Gasteiger partial charge in [-0.2, -0.15) is 0 Å². The van der Waals surface area contributed by atoms with Crippen LogP contribution in [0.15, 0.2) is 18.2 Å². The zero-order valence-corrected chi connectivity index (χ0v) is 10.8. The summed E-state index contributed by atoms with van der Waals surface area (Å²) in [5.74, 6) is 0. The van der Waals surface area contributed by atoms with Crippen LogP contribution in [0.4, 0.5) is 5.69 Å². The van der Waals surface area contributed by atoms with E-state index in [2.05, 4.69) is 19.2 Å². The summed E-state index contributed by atoms with van der Waals surface area (Å²) in [5, 5.41) is 14.6. The third-order valence-electron chi connectivity index (χ3n) is 2.60. The zero-order valence-electron chi connectivity index (χ0n) is 10.1. The second-order valence-corrected chi connectivity index (χ2v) is 4.54. The molecule has 0 amide bonds. The minimum absolute atomic E-state index is 0.116. The van der Waals surface area contributed by atoms with Crippen molar-refractivity contribution in [3.05, 3.63) is 38.9 Å². The van der Waals surface area contributed by atoms with Crippen LogP contribution in [-0.2, 0) is 6.54 Å². The summed E-state index contributed by atoms with van der Waals surface area (Å²) in [7, 11) is 0. The highest BCUT2D eigenvalue weighted by Gasteiger charge is 2.14. The van der Waals surface area contributed by atoms with Crippen molar-refractivity contribution in [3.8, 4) is 0 Å². The van der Waals surface area contributed by atoms with Crippen molar-refractivity contribution < 1.29 is 4.92 Å². The molecule has 1 atom stereocenters. The number of halogens is 1. The monoisotopic (exact) mass is 256 g/mol. The highest BCUT2D eigenvalue weighted by Crippen LogP contribution is 2.22. The molecule has 0 radical (unpaired) electrons. The lowest BCUT2D eigenvalue weighted by molar-refractivity contribution is -0.385. The molecule has 1 aromatic carbocycles. The van der Waals surface area contributed by atoms with Gasteiger partial charge in [0, 0.05) is 29.2 Å². The van der Waals surface area contributed by atoms with Gasteiger partial charge in [-0.1, -0.05) is 24.9 Å². The summed E-state index contributed by atoms with van der Waals surface area (Å²) in [6.45, 7) is 4.65. The fourth-order valence-corrected chi connectivity index (χ4v) is 1.89. The molecule has 0 saturated heterocycles. The van der Waals surface area contributed by atoms with Crippen LogP contribution in [-0.4, -0.2) is 11.0 Å². The molecule has 17 heavy (non-hydrogen) atoms. The van der Waals surface area contributed by atoms with Crippen LogP contribution < -0.4 is 5.32 Å². The highest BCUT2D eigenvalue weighted by atomic mass is 35.5. The van der Waals surface area contributed by atoms with Gasteiger partial charge in [0.05, 0.1) is 4.92 Å². The van der Waals surface area contributed by atoms with Gasteiger partial charge in [0.15, 0.2) is 0 Å². The van der Waals surface area contributed by atoms with Gasteiger partial charge in [-0.25, -0.2) is 0 Å². The molecule has 1 unspecified atom stereocenters. The Morgan fingerprint density at radius 3 is 2.82 bits per heavy atom. The van der Waals surface area contributed by atoms with Gasteiger partial charge in [0.25, 0.3) is 5.69 Å². The maximum absolute atomic E-state index is 10.8. The van der Waals surface area contributed by atoms with Crippen molar-refractivity contribution in [2.24, 2.45) is 0 Å². The van der Waals surface area contributed by atoms with Crippen LogP contribution >= 0.6 is 11.6 Å². The zero-order chi connectivity index (χ0) is 12.8. The fourth-order valence-electron chi connectivity index (χ4n) is 1.69. The van der Waals surface area contributed by atoms with E-state index in [1.807, 2.05) is 0 Å². The summed E-state index contributed by atoms with van der Waals surface area (Å²) in [4.78, 5) is 10.5. The van der Waals surface area contributed by atoms with Gasteiger partial charge >= 0.3 is 0 Å². The topological polar surface area (TPSA) is 55.2 Å². The number of nitrogens with zero attached hydrogens (tertiary/aromatic N) is 1. The molecular formula is C12H17ClN2O2. The molecule has 1 aromatic rings. The Hall–Kier alpha value is -1.13. The lowest BCUT2D eigenvalue weighted by Gasteiger charge is -2.12. The first-order valence-corrected chi connectivity index (χ1v) is 6.08. The number of benzene rings is 1. The van der Waals surface area contributed by atoms with E-state index in [0.29, 0.717) is 23.2 Å². The number of nitro benzene ring substituents is 1. The number of nitro groups is 1. The predicted octanol–water partition coefficient (Wildman–Crippen LogP) is 3.53. The van der Waals surface area contributed by atoms with Crippen molar-refractivity contribution >= 4 is 17.3 Å². The van der Waals surface area contributed by atoms with E-state index in [0.717, 1.165) is 12.8 Å². The number of hydrogen-bond acceptors (Lipinski definition) is 3. The molecule has 0 aliphatic rings. The molecule has 4 nitrogen and oxygen atoms in total. The Balaban J connectivity index is 2.75. The average molecular weight is 257 g/mol. The Morgan fingerprint density at radius 2 is 2.24 bits per heavy atom. The molecule has 5 heteroatoms. The molecule has 0 aromatic heterocycles. The van der Waals surface area contributed by atoms with E-state index in [-0.39, 0.29) is 10.6 Å². The van der Waals surface area contributed by atoms with E-state index < -0.39 is 0 Å². The molecule has 0 heterocycles. The van der Waals surface area contributed by atoms with E-state index in [1.165, 1.54) is 6.07 Å². The number of hydrogen-bond donors (Lipinski definition) is 1. The van der Waals surface area contributed by atoms with Crippen LogP contribution in [0.2, 0.25) is 5.02 Å². The van der Waals surface area contributed by atoms with Crippen molar-refractivity contribution in [2.45, 2.75) is 39.3 Å². The van der Waals surface area contributed by atoms with Gasteiger partial charge in [-0.3, -0.25) is 10.1 Å². The average Bonchev–Trinajstić information content (AvgIpc) is 2.26. The lowest BCUT2D eigenvalue weighted by Crippen LogP contribution is -2.25. The first kappa shape index (κ1) is 13.9. The Kier molecular flexibility index (Phi) is 5.38. The number of rotatable bonds is 6. The molecule has 0 saturated carbocycles. The summed E-state index contributed by atoms with van der Waals surface area (Å²) >= 11 is 5.85. The van der Waals surface area contributed by atoms with Crippen molar-refractivity contribution in [1.82, 2.24) is 5.32 Å². The lowest BCUT2D eigenvalue weighted by atomic mass is 10.1. The highest BCUT2D eigenvalue weighted by molar-refractivity contribution is 6.30. The molecule has 1 rings (SSSR count). The second kappa shape index (κ2) is 6.57. The molecule has 0 fully saturated rings. The molecular weight excluding hydrogens is 240 g/mol. The third kappa shape index (κ3) is 4.32.